The van der Waals surface area contributed by atoms with E-state index in [2.05, 4.69) is 0 Å². The maximum absolute atomic E-state index is 12.7. The number of benzene rings is 2. The van der Waals surface area contributed by atoms with E-state index >= 15 is 0 Å². The summed E-state index contributed by atoms with van der Waals surface area (Å²) < 4.78 is 26.6. The first-order valence-electron chi connectivity index (χ1n) is 6.56. The van der Waals surface area contributed by atoms with E-state index in [9.17, 15) is 8.42 Å². The molecule has 0 radical (unpaired) electrons. The van der Waals surface area contributed by atoms with Gasteiger partial charge in [0.1, 0.15) is 11.0 Å². The fourth-order valence-electron chi connectivity index (χ4n) is 2.09. The molecule has 0 N–H and O–H groups in total. The third-order valence-corrected chi connectivity index (χ3v) is 5.50. The highest BCUT2D eigenvalue weighted by Crippen LogP contribution is 2.24. The monoisotopic (exact) mass is 334 g/mol. The molecule has 22 heavy (non-hydrogen) atoms. The summed E-state index contributed by atoms with van der Waals surface area (Å²) in [5.74, 6) is 0. The Bertz CT molecular complexity index is 841. The molecule has 0 saturated heterocycles. The van der Waals surface area contributed by atoms with Gasteiger partial charge in [-0.2, -0.15) is 9.57 Å². The smallest absolute Gasteiger partial charge is 0.207 e. The molecule has 0 aliphatic rings. The van der Waals surface area contributed by atoms with E-state index in [1.54, 1.807) is 0 Å². The standard InChI is InChI=1S/C16H15ClN2O2S/c1-12-5-3-4-6-13(12)11-19(2)22(20,21)16-8-7-15(17)9-14(16)10-18/h3-9H,11H2,1-2H3. The molecule has 0 aliphatic heterocycles. The van der Waals surface area contributed by atoms with Crippen molar-refractivity contribution in [2.45, 2.75) is 18.4 Å². The average Bonchev–Trinajstić information content (AvgIpc) is 2.49. The van der Waals surface area contributed by atoms with E-state index in [0.29, 0.717) is 5.02 Å². The van der Waals surface area contributed by atoms with Crippen LogP contribution in [0, 0.1) is 18.3 Å². The summed E-state index contributed by atoms with van der Waals surface area (Å²) in [5, 5.41) is 9.46. The van der Waals surface area contributed by atoms with Gasteiger partial charge in [0.05, 0.1) is 5.56 Å². The minimum atomic E-state index is -3.76. The van der Waals surface area contributed by atoms with Crippen LogP contribution >= 0.6 is 11.6 Å². The fourth-order valence-corrected chi connectivity index (χ4v) is 3.53. The molecule has 0 spiro atoms. The number of halogens is 1. The van der Waals surface area contributed by atoms with Gasteiger partial charge >= 0.3 is 0 Å². The van der Waals surface area contributed by atoms with Gasteiger partial charge in [0.2, 0.25) is 10.0 Å². The lowest BCUT2D eigenvalue weighted by molar-refractivity contribution is 0.466. The van der Waals surface area contributed by atoms with Gasteiger partial charge in [0, 0.05) is 18.6 Å². The van der Waals surface area contributed by atoms with Gasteiger partial charge < -0.3 is 0 Å². The molecule has 2 aromatic rings. The average molecular weight is 335 g/mol. The number of nitrogens with zero attached hydrogens (tertiary/aromatic N) is 2. The fraction of sp³-hybridized carbons (Fsp3) is 0.188. The molecule has 0 aromatic heterocycles. The molecule has 2 aromatic carbocycles. The molecule has 6 heteroatoms. The third-order valence-electron chi connectivity index (χ3n) is 3.40. The van der Waals surface area contributed by atoms with Crippen LogP contribution in [0.5, 0.6) is 0 Å². The summed E-state index contributed by atoms with van der Waals surface area (Å²) in [6.07, 6.45) is 0. The molecule has 0 heterocycles. The van der Waals surface area contributed by atoms with Crippen molar-refractivity contribution in [2.75, 3.05) is 7.05 Å². The molecule has 0 amide bonds. The second-order valence-electron chi connectivity index (χ2n) is 4.94. The molecule has 0 bridgehead atoms. The predicted molar refractivity (Wildman–Crippen MR) is 86.0 cm³/mol. The zero-order valence-corrected chi connectivity index (χ0v) is 13.8. The van der Waals surface area contributed by atoms with Crippen LogP contribution in [0.3, 0.4) is 0 Å². The lowest BCUT2D eigenvalue weighted by Crippen LogP contribution is -2.27. The van der Waals surface area contributed by atoms with Crippen molar-refractivity contribution in [1.29, 1.82) is 5.26 Å². The first-order chi connectivity index (χ1) is 10.4. The summed E-state index contributed by atoms with van der Waals surface area (Å²) in [6, 6.07) is 13.7. The molecule has 4 nitrogen and oxygen atoms in total. The number of aryl methyl sites for hydroxylation is 1. The van der Waals surface area contributed by atoms with Crippen LogP contribution < -0.4 is 0 Å². The van der Waals surface area contributed by atoms with Crippen LogP contribution in [0.2, 0.25) is 5.02 Å². The number of rotatable bonds is 4. The van der Waals surface area contributed by atoms with Crippen LogP contribution in [0.25, 0.3) is 0 Å². The molecule has 2 rings (SSSR count). The zero-order valence-electron chi connectivity index (χ0n) is 12.2. The van der Waals surface area contributed by atoms with E-state index in [4.69, 9.17) is 16.9 Å². The normalized spacial score (nSPS) is 11.4. The van der Waals surface area contributed by atoms with Gasteiger partial charge in [0.15, 0.2) is 0 Å². The van der Waals surface area contributed by atoms with Gasteiger partial charge in [-0.15, -0.1) is 0 Å². The Morgan fingerprint density at radius 3 is 2.55 bits per heavy atom. The van der Waals surface area contributed by atoms with Crippen LogP contribution in [0.4, 0.5) is 0 Å². The number of hydrogen-bond donors (Lipinski definition) is 0. The van der Waals surface area contributed by atoms with Crippen LogP contribution in [0.1, 0.15) is 16.7 Å². The van der Waals surface area contributed by atoms with E-state index in [-0.39, 0.29) is 17.0 Å². The van der Waals surface area contributed by atoms with Gasteiger partial charge in [-0.1, -0.05) is 35.9 Å². The third kappa shape index (κ3) is 3.30. The second-order valence-corrected chi connectivity index (χ2v) is 7.39. The van der Waals surface area contributed by atoms with Gasteiger partial charge in [0.25, 0.3) is 0 Å². The van der Waals surface area contributed by atoms with Gasteiger partial charge in [-0.25, -0.2) is 8.42 Å². The topological polar surface area (TPSA) is 61.2 Å². The highest BCUT2D eigenvalue weighted by atomic mass is 35.5. The van der Waals surface area contributed by atoms with E-state index in [1.165, 1.54) is 29.6 Å². The number of nitriles is 1. The summed E-state index contributed by atoms with van der Waals surface area (Å²) in [5.41, 5.74) is 1.98. The SMILES string of the molecule is Cc1ccccc1CN(C)S(=O)(=O)c1ccc(Cl)cc1C#N. The number of sulfonamides is 1. The molecule has 114 valence electrons. The first-order valence-corrected chi connectivity index (χ1v) is 8.38. The first kappa shape index (κ1) is 16.5. The Kier molecular flexibility index (Phi) is 4.87. The van der Waals surface area contributed by atoms with Crippen molar-refractivity contribution in [3.63, 3.8) is 0 Å². The van der Waals surface area contributed by atoms with Crippen molar-refractivity contribution < 1.29 is 8.42 Å². The van der Waals surface area contributed by atoms with Crippen molar-refractivity contribution in [2.24, 2.45) is 0 Å². The Hall–Kier alpha value is -1.87. The van der Waals surface area contributed by atoms with Crippen molar-refractivity contribution in [1.82, 2.24) is 4.31 Å². The molecule has 0 atom stereocenters. The quantitative estimate of drug-likeness (QED) is 0.861. The lowest BCUT2D eigenvalue weighted by Gasteiger charge is -2.19. The summed E-state index contributed by atoms with van der Waals surface area (Å²) in [7, 11) is -2.26. The molecule has 0 aliphatic carbocycles. The predicted octanol–water partition coefficient (Wildman–Crippen LogP) is 3.34. The minimum absolute atomic E-state index is 0.0320. The Labute approximate surface area is 135 Å². The van der Waals surface area contributed by atoms with E-state index < -0.39 is 10.0 Å². The molecule has 0 saturated carbocycles. The Morgan fingerprint density at radius 1 is 1.23 bits per heavy atom. The van der Waals surface area contributed by atoms with Crippen LogP contribution in [-0.4, -0.2) is 19.8 Å². The van der Waals surface area contributed by atoms with Crippen molar-refractivity contribution in [3.05, 3.63) is 64.2 Å². The van der Waals surface area contributed by atoms with Crippen molar-refractivity contribution >= 4 is 21.6 Å². The molecular weight excluding hydrogens is 320 g/mol. The molecule has 0 unspecified atom stereocenters. The van der Waals surface area contributed by atoms with Gasteiger partial charge in [-0.05, 0) is 36.2 Å². The maximum atomic E-state index is 12.7. The Morgan fingerprint density at radius 2 is 1.91 bits per heavy atom. The number of hydrogen-bond acceptors (Lipinski definition) is 3. The zero-order chi connectivity index (χ0) is 16.3. The minimum Gasteiger partial charge on any atom is -0.207 e. The van der Waals surface area contributed by atoms with Gasteiger partial charge in [-0.3, -0.25) is 0 Å². The molecule has 0 fully saturated rings. The largest absolute Gasteiger partial charge is 0.244 e. The second kappa shape index (κ2) is 6.49. The van der Waals surface area contributed by atoms with E-state index in [1.807, 2.05) is 37.3 Å². The summed E-state index contributed by atoms with van der Waals surface area (Å²) in [4.78, 5) is -0.0320. The van der Waals surface area contributed by atoms with Crippen molar-refractivity contribution in [3.8, 4) is 6.07 Å². The highest BCUT2D eigenvalue weighted by molar-refractivity contribution is 7.89. The van der Waals surface area contributed by atoms with Crippen LogP contribution in [-0.2, 0) is 16.6 Å². The van der Waals surface area contributed by atoms with Crippen LogP contribution in [0.15, 0.2) is 47.4 Å². The summed E-state index contributed by atoms with van der Waals surface area (Å²) >= 11 is 5.82. The summed E-state index contributed by atoms with van der Waals surface area (Å²) in [6.45, 7) is 2.17. The lowest BCUT2D eigenvalue weighted by atomic mass is 10.1. The highest BCUT2D eigenvalue weighted by Gasteiger charge is 2.24. The molecular formula is C16H15ClN2O2S. The maximum Gasteiger partial charge on any atom is 0.244 e. The van der Waals surface area contributed by atoms with E-state index in [0.717, 1.165) is 11.1 Å². The Balaban J connectivity index is 2.39.